The Morgan fingerprint density at radius 2 is 1.60 bits per heavy atom. The van der Waals surface area contributed by atoms with Crippen LogP contribution in [-0.2, 0) is 0 Å². The molecule has 0 fully saturated rings. The summed E-state index contributed by atoms with van der Waals surface area (Å²) in [7, 11) is 0. The Kier molecular flexibility index (Phi) is 4.18. The SMILES string of the molecule is CC.Cc1nc2c(C)cnn2c(C)c1-c1ccccc1. The monoisotopic (exact) mass is 267 g/mol. The second-order valence-corrected chi connectivity index (χ2v) is 4.59. The van der Waals surface area contributed by atoms with E-state index in [9.17, 15) is 0 Å². The van der Waals surface area contributed by atoms with E-state index in [0.717, 1.165) is 22.6 Å². The van der Waals surface area contributed by atoms with E-state index in [1.165, 1.54) is 11.1 Å². The zero-order valence-corrected chi connectivity index (χ0v) is 12.8. The molecular weight excluding hydrogens is 246 g/mol. The van der Waals surface area contributed by atoms with Gasteiger partial charge in [-0.05, 0) is 26.3 Å². The summed E-state index contributed by atoms with van der Waals surface area (Å²) in [4.78, 5) is 4.67. The van der Waals surface area contributed by atoms with Gasteiger partial charge < -0.3 is 0 Å². The Labute approximate surface area is 120 Å². The van der Waals surface area contributed by atoms with Crippen LogP contribution in [0.2, 0.25) is 0 Å². The number of nitrogens with zero attached hydrogens (tertiary/aromatic N) is 3. The lowest BCUT2D eigenvalue weighted by Crippen LogP contribution is -2.02. The van der Waals surface area contributed by atoms with Crippen molar-refractivity contribution in [3.05, 3.63) is 53.5 Å². The lowest BCUT2D eigenvalue weighted by atomic mass is 10.0. The van der Waals surface area contributed by atoms with Crippen LogP contribution in [0.3, 0.4) is 0 Å². The molecular formula is C17H21N3. The molecule has 2 heterocycles. The molecule has 0 saturated heterocycles. The molecule has 1 aromatic carbocycles. The normalized spacial score (nSPS) is 10.2. The number of rotatable bonds is 1. The van der Waals surface area contributed by atoms with Gasteiger partial charge in [0.2, 0.25) is 0 Å². The molecule has 3 rings (SSSR count). The molecule has 0 aliphatic heterocycles. The fraction of sp³-hybridized carbons (Fsp3) is 0.294. The van der Waals surface area contributed by atoms with E-state index in [-0.39, 0.29) is 0 Å². The van der Waals surface area contributed by atoms with Crippen molar-refractivity contribution in [1.29, 1.82) is 0 Å². The van der Waals surface area contributed by atoms with E-state index in [2.05, 4.69) is 36.1 Å². The predicted octanol–water partition coefficient (Wildman–Crippen LogP) is 4.35. The van der Waals surface area contributed by atoms with Gasteiger partial charge in [-0.2, -0.15) is 5.10 Å². The number of benzene rings is 1. The van der Waals surface area contributed by atoms with Crippen molar-refractivity contribution >= 4 is 5.65 Å². The first-order chi connectivity index (χ1) is 9.68. The van der Waals surface area contributed by atoms with Crippen molar-refractivity contribution in [3.63, 3.8) is 0 Å². The second-order valence-electron chi connectivity index (χ2n) is 4.59. The Morgan fingerprint density at radius 3 is 2.25 bits per heavy atom. The quantitative estimate of drug-likeness (QED) is 0.656. The maximum Gasteiger partial charge on any atom is 0.158 e. The number of fused-ring (bicyclic) bond motifs is 1. The average molecular weight is 267 g/mol. The maximum atomic E-state index is 4.67. The van der Waals surface area contributed by atoms with Gasteiger partial charge in [0.1, 0.15) is 0 Å². The fourth-order valence-corrected chi connectivity index (χ4v) is 2.41. The molecule has 0 aliphatic rings. The molecule has 0 bridgehead atoms. The number of aryl methyl sites for hydroxylation is 3. The van der Waals surface area contributed by atoms with Gasteiger partial charge in [0.05, 0.1) is 11.9 Å². The molecule has 0 atom stereocenters. The molecule has 3 heteroatoms. The summed E-state index contributed by atoms with van der Waals surface area (Å²) in [6.45, 7) is 10.2. The van der Waals surface area contributed by atoms with Crippen LogP contribution in [0, 0.1) is 20.8 Å². The van der Waals surface area contributed by atoms with Crippen LogP contribution in [0.15, 0.2) is 36.5 Å². The van der Waals surface area contributed by atoms with Gasteiger partial charge in [-0.15, -0.1) is 0 Å². The Hall–Kier alpha value is -2.16. The van der Waals surface area contributed by atoms with E-state index >= 15 is 0 Å². The van der Waals surface area contributed by atoms with Gasteiger partial charge in [-0.1, -0.05) is 44.2 Å². The summed E-state index contributed by atoms with van der Waals surface area (Å²) in [6.07, 6.45) is 1.86. The molecule has 20 heavy (non-hydrogen) atoms. The maximum absolute atomic E-state index is 4.67. The van der Waals surface area contributed by atoms with Crippen LogP contribution in [0.5, 0.6) is 0 Å². The first-order valence-corrected chi connectivity index (χ1v) is 7.05. The highest BCUT2D eigenvalue weighted by molar-refractivity contribution is 5.70. The molecule has 0 amide bonds. The topological polar surface area (TPSA) is 30.2 Å². The third-order valence-electron chi connectivity index (χ3n) is 3.30. The third kappa shape index (κ3) is 2.31. The van der Waals surface area contributed by atoms with E-state index in [4.69, 9.17) is 0 Å². The van der Waals surface area contributed by atoms with E-state index in [1.54, 1.807) is 0 Å². The van der Waals surface area contributed by atoms with E-state index in [1.807, 2.05) is 49.7 Å². The average Bonchev–Trinajstić information content (AvgIpc) is 2.84. The van der Waals surface area contributed by atoms with Gasteiger partial charge >= 0.3 is 0 Å². The second kappa shape index (κ2) is 5.87. The van der Waals surface area contributed by atoms with Crippen molar-refractivity contribution in [3.8, 4) is 11.1 Å². The first-order valence-electron chi connectivity index (χ1n) is 7.05. The lowest BCUT2D eigenvalue weighted by molar-refractivity contribution is 0.889. The summed E-state index contributed by atoms with van der Waals surface area (Å²) in [6, 6.07) is 10.3. The van der Waals surface area contributed by atoms with Crippen LogP contribution in [0.25, 0.3) is 16.8 Å². The molecule has 0 unspecified atom stereocenters. The van der Waals surface area contributed by atoms with Crippen LogP contribution in [-0.4, -0.2) is 14.6 Å². The van der Waals surface area contributed by atoms with Gasteiger partial charge in [0.25, 0.3) is 0 Å². The zero-order valence-electron chi connectivity index (χ0n) is 12.8. The van der Waals surface area contributed by atoms with Gasteiger partial charge in [0, 0.05) is 16.8 Å². The predicted molar refractivity (Wildman–Crippen MR) is 84.0 cm³/mol. The molecule has 0 spiro atoms. The summed E-state index contributed by atoms with van der Waals surface area (Å²) in [5.74, 6) is 0. The molecule has 2 aromatic heterocycles. The van der Waals surface area contributed by atoms with Crippen LogP contribution in [0.4, 0.5) is 0 Å². The van der Waals surface area contributed by atoms with Crippen molar-refractivity contribution in [2.24, 2.45) is 0 Å². The highest BCUT2D eigenvalue weighted by atomic mass is 15.3. The highest BCUT2D eigenvalue weighted by Gasteiger charge is 2.12. The summed E-state index contributed by atoms with van der Waals surface area (Å²) >= 11 is 0. The van der Waals surface area contributed by atoms with Crippen LogP contribution in [0.1, 0.15) is 30.8 Å². The van der Waals surface area contributed by atoms with Crippen LogP contribution < -0.4 is 0 Å². The highest BCUT2D eigenvalue weighted by Crippen LogP contribution is 2.26. The number of hydrogen-bond donors (Lipinski definition) is 0. The largest absolute Gasteiger partial charge is 0.233 e. The van der Waals surface area contributed by atoms with E-state index < -0.39 is 0 Å². The minimum atomic E-state index is 0.949. The molecule has 0 aliphatic carbocycles. The molecule has 0 radical (unpaired) electrons. The van der Waals surface area contributed by atoms with Crippen LogP contribution >= 0.6 is 0 Å². The molecule has 0 saturated carbocycles. The number of hydrogen-bond acceptors (Lipinski definition) is 2. The third-order valence-corrected chi connectivity index (χ3v) is 3.30. The molecule has 3 aromatic rings. The lowest BCUT2D eigenvalue weighted by Gasteiger charge is -2.11. The zero-order chi connectivity index (χ0) is 14.7. The van der Waals surface area contributed by atoms with Crippen molar-refractivity contribution in [1.82, 2.24) is 14.6 Å². The van der Waals surface area contributed by atoms with Crippen molar-refractivity contribution in [2.75, 3.05) is 0 Å². The minimum absolute atomic E-state index is 0.949. The Bertz CT molecular complexity index is 712. The molecule has 104 valence electrons. The summed E-state index contributed by atoms with van der Waals surface area (Å²) in [5, 5.41) is 4.40. The first kappa shape index (κ1) is 14.3. The van der Waals surface area contributed by atoms with Crippen molar-refractivity contribution < 1.29 is 0 Å². The smallest absolute Gasteiger partial charge is 0.158 e. The molecule has 0 N–H and O–H groups in total. The minimum Gasteiger partial charge on any atom is -0.233 e. The Balaban J connectivity index is 0.000000704. The van der Waals surface area contributed by atoms with Gasteiger partial charge in [-0.25, -0.2) is 9.50 Å². The molecule has 3 nitrogen and oxygen atoms in total. The summed E-state index contributed by atoms with van der Waals surface area (Å²) in [5.41, 5.74) is 6.61. The number of aromatic nitrogens is 3. The van der Waals surface area contributed by atoms with E-state index in [0.29, 0.717) is 0 Å². The van der Waals surface area contributed by atoms with Gasteiger partial charge in [0.15, 0.2) is 5.65 Å². The Morgan fingerprint density at radius 1 is 0.950 bits per heavy atom. The fourth-order valence-electron chi connectivity index (χ4n) is 2.41. The standard InChI is InChI=1S/C15H15N3.C2H6/c1-10-9-16-18-12(3)14(11(2)17-15(10)18)13-7-5-4-6-8-13;1-2/h4-9H,1-3H3;1-2H3. The van der Waals surface area contributed by atoms with Crippen molar-refractivity contribution in [2.45, 2.75) is 34.6 Å². The summed E-state index contributed by atoms with van der Waals surface area (Å²) < 4.78 is 1.92. The van der Waals surface area contributed by atoms with Gasteiger partial charge in [-0.3, -0.25) is 0 Å².